The van der Waals surface area contributed by atoms with Gasteiger partial charge in [0.2, 0.25) is 0 Å². The molecule has 48 valence electrons. The molecule has 1 saturated heterocycles. The third kappa shape index (κ3) is 1.01. The van der Waals surface area contributed by atoms with Crippen LogP contribution in [-0.4, -0.2) is 25.8 Å². The summed E-state index contributed by atoms with van der Waals surface area (Å²) in [7, 11) is 1.74. The maximum atomic E-state index is 4.99. The minimum Gasteiger partial charge on any atom is -0.383 e. The molecule has 1 rings (SSSR count). The highest BCUT2D eigenvalue weighted by Crippen LogP contribution is 2.16. The van der Waals surface area contributed by atoms with Crippen LogP contribution >= 0.6 is 0 Å². The number of ether oxygens (including phenoxy) is 1. The molecule has 1 heterocycles. The van der Waals surface area contributed by atoms with Crippen molar-refractivity contribution in [1.29, 1.82) is 0 Å². The van der Waals surface area contributed by atoms with E-state index < -0.39 is 0 Å². The van der Waals surface area contributed by atoms with E-state index in [2.05, 4.69) is 12.2 Å². The topological polar surface area (TPSA) is 21.3 Å². The highest BCUT2D eigenvalue weighted by molar-refractivity contribution is 4.91. The molecular formula is C6H13NO. The van der Waals surface area contributed by atoms with Gasteiger partial charge in [-0.25, -0.2) is 0 Å². The molecule has 0 aromatic rings. The molecule has 0 bridgehead atoms. The van der Waals surface area contributed by atoms with E-state index in [1.807, 2.05) is 0 Å². The fourth-order valence-electron chi connectivity index (χ4n) is 0.994. The molecule has 0 spiro atoms. The molecule has 2 heteroatoms. The normalized spacial score (nSPS) is 36.8. The molecular weight excluding hydrogens is 102 g/mol. The maximum absolute atomic E-state index is 4.99. The molecule has 0 radical (unpaired) electrons. The molecule has 1 fully saturated rings. The van der Waals surface area contributed by atoms with Crippen molar-refractivity contribution < 1.29 is 4.74 Å². The maximum Gasteiger partial charge on any atom is 0.0642 e. The van der Waals surface area contributed by atoms with E-state index >= 15 is 0 Å². The van der Waals surface area contributed by atoms with E-state index in [9.17, 15) is 0 Å². The summed E-state index contributed by atoms with van der Waals surface area (Å²) in [5.74, 6) is 0. The van der Waals surface area contributed by atoms with Gasteiger partial charge in [-0.1, -0.05) is 0 Å². The SMILES string of the molecule is COC[C@@]1(C)CCN1. The van der Waals surface area contributed by atoms with Gasteiger partial charge in [-0.15, -0.1) is 0 Å². The van der Waals surface area contributed by atoms with Gasteiger partial charge in [0.05, 0.1) is 6.61 Å². The standard InChI is InChI=1S/C6H13NO/c1-6(5-8-2)3-4-7-6/h7H,3-5H2,1-2H3/t6-/m1/s1. The lowest BCUT2D eigenvalue weighted by Gasteiger charge is -2.39. The van der Waals surface area contributed by atoms with Crippen molar-refractivity contribution >= 4 is 0 Å². The molecule has 0 aromatic heterocycles. The smallest absolute Gasteiger partial charge is 0.0642 e. The highest BCUT2D eigenvalue weighted by atomic mass is 16.5. The highest BCUT2D eigenvalue weighted by Gasteiger charge is 2.30. The largest absolute Gasteiger partial charge is 0.383 e. The fraction of sp³-hybridized carbons (Fsp3) is 1.00. The van der Waals surface area contributed by atoms with Crippen molar-refractivity contribution in [2.24, 2.45) is 0 Å². The van der Waals surface area contributed by atoms with Crippen molar-refractivity contribution in [3.8, 4) is 0 Å². The molecule has 2 nitrogen and oxygen atoms in total. The van der Waals surface area contributed by atoms with Crippen molar-refractivity contribution in [3.05, 3.63) is 0 Å². The third-order valence-electron chi connectivity index (χ3n) is 1.69. The third-order valence-corrected chi connectivity index (χ3v) is 1.69. The van der Waals surface area contributed by atoms with Gasteiger partial charge in [-0.2, -0.15) is 0 Å². The van der Waals surface area contributed by atoms with E-state index in [1.54, 1.807) is 7.11 Å². The van der Waals surface area contributed by atoms with E-state index in [0.29, 0.717) is 5.54 Å². The average Bonchev–Trinajstić information content (AvgIpc) is 1.64. The van der Waals surface area contributed by atoms with Gasteiger partial charge in [-0.3, -0.25) is 0 Å². The van der Waals surface area contributed by atoms with Crippen LogP contribution in [-0.2, 0) is 4.74 Å². The quantitative estimate of drug-likeness (QED) is 0.562. The minimum absolute atomic E-state index is 0.300. The Hall–Kier alpha value is -0.0800. The lowest BCUT2D eigenvalue weighted by molar-refractivity contribution is 0.0780. The van der Waals surface area contributed by atoms with Gasteiger partial charge >= 0.3 is 0 Å². The molecule has 8 heavy (non-hydrogen) atoms. The summed E-state index contributed by atoms with van der Waals surface area (Å²) in [6, 6.07) is 0. The van der Waals surface area contributed by atoms with E-state index in [-0.39, 0.29) is 0 Å². The molecule has 0 amide bonds. The van der Waals surface area contributed by atoms with Gasteiger partial charge < -0.3 is 10.1 Å². The first-order valence-corrected chi connectivity index (χ1v) is 3.01. The predicted octanol–water partition coefficient (Wildman–Crippen LogP) is 0.385. The molecule has 1 N–H and O–H groups in total. The molecule has 0 saturated carbocycles. The Morgan fingerprint density at radius 3 is 2.50 bits per heavy atom. The summed E-state index contributed by atoms with van der Waals surface area (Å²) in [6.07, 6.45) is 1.25. The predicted molar refractivity (Wildman–Crippen MR) is 32.9 cm³/mol. The zero-order valence-corrected chi connectivity index (χ0v) is 5.53. The summed E-state index contributed by atoms with van der Waals surface area (Å²) >= 11 is 0. The van der Waals surface area contributed by atoms with Crippen LogP contribution < -0.4 is 5.32 Å². The Kier molecular flexibility index (Phi) is 1.54. The zero-order valence-electron chi connectivity index (χ0n) is 5.53. The van der Waals surface area contributed by atoms with Gasteiger partial charge in [-0.05, 0) is 19.9 Å². The van der Waals surface area contributed by atoms with E-state index in [4.69, 9.17) is 4.74 Å². The monoisotopic (exact) mass is 115 g/mol. The summed E-state index contributed by atoms with van der Waals surface area (Å²) in [5.41, 5.74) is 0.300. The molecule has 1 atom stereocenters. The van der Waals surface area contributed by atoms with Gasteiger partial charge in [0.1, 0.15) is 0 Å². The van der Waals surface area contributed by atoms with Crippen molar-refractivity contribution in [3.63, 3.8) is 0 Å². The van der Waals surface area contributed by atoms with Crippen LogP contribution in [0.25, 0.3) is 0 Å². The molecule has 1 aliphatic rings. The van der Waals surface area contributed by atoms with Crippen LogP contribution in [0.4, 0.5) is 0 Å². The first kappa shape index (κ1) is 6.05. The average molecular weight is 115 g/mol. The van der Waals surface area contributed by atoms with Gasteiger partial charge in [0.15, 0.2) is 0 Å². The first-order chi connectivity index (χ1) is 3.77. The second kappa shape index (κ2) is 2.03. The number of rotatable bonds is 2. The zero-order chi connectivity index (χ0) is 6.04. The molecule has 1 aliphatic heterocycles. The first-order valence-electron chi connectivity index (χ1n) is 3.01. The Morgan fingerprint density at radius 1 is 1.75 bits per heavy atom. The van der Waals surface area contributed by atoms with Crippen LogP contribution in [0.5, 0.6) is 0 Å². The number of hydrogen-bond donors (Lipinski definition) is 1. The Bertz CT molecular complexity index is 78.6. The molecule has 0 aromatic carbocycles. The molecule has 0 aliphatic carbocycles. The minimum atomic E-state index is 0.300. The number of methoxy groups -OCH3 is 1. The second-order valence-corrected chi connectivity index (χ2v) is 2.67. The Balaban J connectivity index is 2.20. The van der Waals surface area contributed by atoms with Crippen LogP contribution in [0, 0.1) is 0 Å². The summed E-state index contributed by atoms with van der Waals surface area (Å²) in [4.78, 5) is 0. The van der Waals surface area contributed by atoms with Gasteiger partial charge in [0.25, 0.3) is 0 Å². The van der Waals surface area contributed by atoms with Crippen LogP contribution in [0.3, 0.4) is 0 Å². The molecule has 0 unspecified atom stereocenters. The lowest BCUT2D eigenvalue weighted by Crippen LogP contribution is -2.57. The van der Waals surface area contributed by atoms with Crippen molar-refractivity contribution in [2.75, 3.05) is 20.3 Å². The van der Waals surface area contributed by atoms with Crippen molar-refractivity contribution in [2.45, 2.75) is 18.9 Å². The fourth-order valence-corrected chi connectivity index (χ4v) is 0.994. The lowest BCUT2D eigenvalue weighted by atomic mass is 9.92. The summed E-state index contributed by atoms with van der Waals surface area (Å²) in [6.45, 7) is 4.17. The van der Waals surface area contributed by atoms with Gasteiger partial charge in [0, 0.05) is 12.6 Å². The van der Waals surface area contributed by atoms with Crippen LogP contribution in [0.15, 0.2) is 0 Å². The van der Waals surface area contributed by atoms with Crippen LogP contribution in [0.2, 0.25) is 0 Å². The second-order valence-electron chi connectivity index (χ2n) is 2.67. The summed E-state index contributed by atoms with van der Waals surface area (Å²) in [5, 5.41) is 3.30. The van der Waals surface area contributed by atoms with Crippen molar-refractivity contribution in [1.82, 2.24) is 5.32 Å². The number of hydrogen-bond acceptors (Lipinski definition) is 2. The number of nitrogens with one attached hydrogen (secondary N) is 1. The van der Waals surface area contributed by atoms with E-state index in [1.165, 1.54) is 6.42 Å². The Labute approximate surface area is 50.2 Å². The van der Waals surface area contributed by atoms with Crippen LogP contribution in [0.1, 0.15) is 13.3 Å². The van der Waals surface area contributed by atoms with E-state index in [0.717, 1.165) is 13.2 Å². The Morgan fingerprint density at radius 2 is 2.38 bits per heavy atom. The summed E-state index contributed by atoms with van der Waals surface area (Å²) < 4.78 is 4.99.